The molecule has 0 atom stereocenters. The first kappa shape index (κ1) is 23.4. The zero-order valence-corrected chi connectivity index (χ0v) is 19.6. The molecule has 3 aromatic rings. The van der Waals surface area contributed by atoms with Crippen LogP contribution in [-0.4, -0.2) is 69.0 Å². The minimum absolute atomic E-state index is 0.00744. The number of fused-ring (bicyclic) bond motifs is 1. The number of rotatable bonds is 3. The number of aromatic nitrogens is 2. The molecule has 0 radical (unpaired) electrons. The molecule has 2 aliphatic rings. The topological polar surface area (TPSA) is 74.0 Å². The van der Waals surface area contributed by atoms with E-state index in [2.05, 4.69) is 26.9 Å². The van der Waals surface area contributed by atoms with Crippen LogP contribution in [0.25, 0.3) is 17.0 Å². The van der Waals surface area contributed by atoms with Gasteiger partial charge in [0.15, 0.2) is 5.17 Å². The summed E-state index contributed by atoms with van der Waals surface area (Å²) < 4.78 is 41.7. The number of phenols is 1. The first-order chi connectivity index (χ1) is 16.7. The van der Waals surface area contributed by atoms with Crippen LogP contribution in [0.3, 0.4) is 0 Å². The highest BCUT2D eigenvalue weighted by atomic mass is 32.2. The first-order valence-corrected chi connectivity index (χ1v) is 11.8. The number of hydrogen-bond acceptors (Lipinski definition) is 6. The van der Waals surface area contributed by atoms with Crippen LogP contribution in [-0.2, 0) is 17.5 Å². The van der Waals surface area contributed by atoms with Gasteiger partial charge in [0.25, 0.3) is 5.91 Å². The number of amidine groups is 1. The Hall–Kier alpha value is -3.31. The number of nitrogens with zero attached hydrogens (tertiary/aromatic N) is 5. The second kappa shape index (κ2) is 9.04. The van der Waals surface area contributed by atoms with E-state index in [1.54, 1.807) is 24.4 Å². The van der Waals surface area contributed by atoms with Gasteiger partial charge in [0.1, 0.15) is 5.75 Å². The van der Waals surface area contributed by atoms with Gasteiger partial charge in [-0.25, -0.2) is 0 Å². The normalized spacial score (nSPS) is 18.6. The summed E-state index contributed by atoms with van der Waals surface area (Å²) in [6, 6.07) is 8.63. The van der Waals surface area contributed by atoms with E-state index in [0.29, 0.717) is 10.4 Å². The van der Waals surface area contributed by atoms with Gasteiger partial charge in [0, 0.05) is 31.6 Å². The molecule has 2 aliphatic heterocycles. The van der Waals surface area contributed by atoms with Gasteiger partial charge in [0.05, 0.1) is 28.7 Å². The number of benzene rings is 2. The van der Waals surface area contributed by atoms with Crippen molar-refractivity contribution in [3.63, 3.8) is 0 Å². The van der Waals surface area contributed by atoms with E-state index < -0.39 is 17.5 Å². The van der Waals surface area contributed by atoms with Crippen LogP contribution in [0.15, 0.2) is 52.5 Å². The fourth-order valence-corrected chi connectivity index (χ4v) is 5.10. The third-order valence-electron chi connectivity index (χ3n) is 6.07. The molecule has 0 bridgehead atoms. The molecule has 1 amide bonds. The average molecular weight is 502 g/mol. The van der Waals surface area contributed by atoms with Gasteiger partial charge in [-0.2, -0.15) is 23.3 Å². The van der Waals surface area contributed by atoms with E-state index in [4.69, 9.17) is 0 Å². The molecule has 0 aliphatic carbocycles. The summed E-state index contributed by atoms with van der Waals surface area (Å²) in [4.78, 5) is 21.6. The molecular formula is C24H22F3N5O2S. The molecular weight excluding hydrogens is 479 g/mol. The monoisotopic (exact) mass is 501 g/mol. The molecule has 0 spiro atoms. The van der Waals surface area contributed by atoms with Gasteiger partial charge < -0.3 is 14.9 Å². The summed E-state index contributed by atoms with van der Waals surface area (Å²) in [6.45, 7) is 3.38. The van der Waals surface area contributed by atoms with Gasteiger partial charge in [-0.3, -0.25) is 9.48 Å². The number of likely N-dealkylation sites (N-methyl/N-ethyl adjacent to an activating group) is 1. The van der Waals surface area contributed by atoms with E-state index in [-0.39, 0.29) is 18.0 Å². The van der Waals surface area contributed by atoms with Crippen molar-refractivity contribution in [3.8, 4) is 5.75 Å². The molecule has 0 unspecified atom stereocenters. The fourth-order valence-electron chi connectivity index (χ4n) is 4.13. The van der Waals surface area contributed by atoms with Crippen molar-refractivity contribution in [3.05, 3.63) is 64.2 Å². The lowest BCUT2D eigenvalue weighted by molar-refractivity contribution is -0.138. The van der Waals surface area contributed by atoms with E-state index in [1.165, 1.54) is 28.6 Å². The number of aliphatic imine (C=N–C) groups is 1. The highest BCUT2D eigenvalue weighted by molar-refractivity contribution is 8.18. The molecule has 5 rings (SSSR count). The van der Waals surface area contributed by atoms with Gasteiger partial charge >= 0.3 is 6.18 Å². The van der Waals surface area contributed by atoms with Crippen LogP contribution in [0.2, 0.25) is 0 Å². The predicted octanol–water partition coefficient (Wildman–Crippen LogP) is 4.03. The lowest BCUT2D eigenvalue weighted by Gasteiger charge is -2.32. The number of carbonyl (C=O) groups excluding carboxylic acids is 1. The Kier molecular flexibility index (Phi) is 6.06. The summed E-state index contributed by atoms with van der Waals surface area (Å²) in [5.41, 5.74) is 0.555. The lowest BCUT2D eigenvalue weighted by atomic mass is 10.1. The molecule has 1 N–H and O–H groups in total. The lowest BCUT2D eigenvalue weighted by Crippen LogP contribution is -2.46. The molecule has 1 aromatic heterocycles. The van der Waals surface area contributed by atoms with Gasteiger partial charge in [0.2, 0.25) is 0 Å². The van der Waals surface area contributed by atoms with Crippen LogP contribution < -0.4 is 0 Å². The van der Waals surface area contributed by atoms with Crippen molar-refractivity contribution in [1.82, 2.24) is 19.6 Å². The first-order valence-electron chi connectivity index (χ1n) is 11.0. The average Bonchev–Trinajstić information content (AvgIpc) is 3.38. The highest BCUT2D eigenvalue weighted by Crippen LogP contribution is 2.35. The second-order valence-corrected chi connectivity index (χ2v) is 9.57. The third kappa shape index (κ3) is 4.92. The Balaban J connectivity index is 1.36. The van der Waals surface area contributed by atoms with Crippen LogP contribution in [0.4, 0.5) is 13.2 Å². The quantitative estimate of drug-likeness (QED) is 0.547. The van der Waals surface area contributed by atoms with Gasteiger partial charge in [-0.1, -0.05) is 12.1 Å². The molecule has 1 saturated heterocycles. The maximum absolute atomic E-state index is 13.4. The summed E-state index contributed by atoms with van der Waals surface area (Å²) in [7, 11) is 2.07. The molecule has 182 valence electrons. The SMILES string of the molecule is CN1CCN(C2=NC(=O)C(=Cc3ccc4c(cnn4Cc4ccc(O)cc4C(F)(F)F)c3)S2)CC1. The summed E-state index contributed by atoms with van der Waals surface area (Å²) in [6.07, 6.45) is -1.23. The van der Waals surface area contributed by atoms with Crippen molar-refractivity contribution >= 4 is 39.8 Å². The van der Waals surface area contributed by atoms with Crippen molar-refractivity contribution in [2.75, 3.05) is 33.2 Å². The number of hydrogen-bond donors (Lipinski definition) is 1. The van der Waals surface area contributed by atoms with Crippen molar-refractivity contribution in [2.24, 2.45) is 4.99 Å². The number of piperazine rings is 1. The van der Waals surface area contributed by atoms with E-state index >= 15 is 0 Å². The Labute approximate surface area is 203 Å². The highest BCUT2D eigenvalue weighted by Gasteiger charge is 2.34. The molecule has 7 nitrogen and oxygen atoms in total. The predicted molar refractivity (Wildman–Crippen MR) is 129 cm³/mol. The minimum atomic E-state index is -4.59. The third-order valence-corrected chi connectivity index (χ3v) is 7.11. The maximum Gasteiger partial charge on any atom is 0.416 e. The summed E-state index contributed by atoms with van der Waals surface area (Å²) in [5.74, 6) is -0.713. The second-order valence-electron chi connectivity index (χ2n) is 8.56. The number of halogens is 3. The Morgan fingerprint density at radius 3 is 2.63 bits per heavy atom. The largest absolute Gasteiger partial charge is 0.508 e. The smallest absolute Gasteiger partial charge is 0.416 e. The minimum Gasteiger partial charge on any atom is -0.508 e. The molecule has 3 heterocycles. The summed E-state index contributed by atoms with van der Waals surface area (Å²) in [5, 5.41) is 15.2. The van der Waals surface area contributed by atoms with E-state index in [9.17, 15) is 23.1 Å². The van der Waals surface area contributed by atoms with Gasteiger partial charge in [-0.05, 0) is 60.3 Å². The van der Waals surface area contributed by atoms with Crippen LogP contribution in [0.5, 0.6) is 5.75 Å². The number of aromatic hydroxyl groups is 1. The van der Waals surface area contributed by atoms with E-state index in [1.807, 2.05) is 6.07 Å². The number of amides is 1. The molecule has 2 aromatic carbocycles. The molecule has 1 fully saturated rings. The zero-order valence-electron chi connectivity index (χ0n) is 18.8. The van der Waals surface area contributed by atoms with Crippen molar-refractivity contribution in [2.45, 2.75) is 12.7 Å². The maximum atomic E-state index is 13.4. The Morgan fingerprint density at radius 2 is 1.89 bits per heavy atom. The van der Waals surface area contributed by atoms with Crippen molar-refractivity contribution in [1.29, 1.82) is 0 Å². The molecule has 0 saturated carbocycles. The Bertz CT molecular complexity index is 1360. The summed E-state index contributed by atoms with van der Waals surface area (Å²) >= 11 is 1.36. The fraction of sp³-hybridized carbons (Fsp3) is 0.292. The number of carbonyl (C=O) groups is 1. The van der Waals surface area contributed by atoms with Crippen molar-refractivity contribution < 1.29 is 23.1 Å². The Morgan fingerprint density at radius 1 is 1.11 bits per heavy atom. The number of alkyl halides is 3. The number of phenolic OH excluding ortho intramolecular Hbond substituents is 1. The zero-order chi connectivity index (χ0) is 24.7. The molecule has 11 heteroatoms. The van der Waals surface area contributed by atoms with Gasteiger partial charge in [-0.15, -0.1) is 0 Å². The van der Waals surface area contributed by atoms with E-state index in [0.717, 1.165) is 48.4 Å². The standard InChI is InChI=1S/C24H22F3N5O2S/c1-30-6-8-31(9-7-30)23-29-22(34)21(35-23)11-15-2-5-20-17(10-15)13-28-32(20)14-16-3-4-18(33)12-19(16)24(25,26)27/h2-5,10-13,33H,6-9,14H2,1H3. The molecule has 35 heavy (non-hydrogen) atoms. The van der Waals surface area contributed by atoms with Crippen LogP contribution in [0.1, 0.15) is 16.7 Å². The number of thioether (sulfide) groups is 1. The van der Waals surface area contributed by atoms with Crippen LogP contribution >= 0.6 is 11.8 Å². The van der Waals surface area contributed by atoms with Crippen LogP contribution in [0, 0.1) is 0 Å².